The summed E-state index contributed by atoms with van der Waals surface area (Å²) in [6.45, 7) is 5.18. The van der Waals surface area contributed by atoms with E-state index in [1.807, 2.05) is 50.2 Å². The van der Waals surface area contributed by atoms with Gasteiger partial charge >= 0.3 is 17.1 Å². The number of ether oxygens (including phenoxy) is 2. The summed E-state index contributed by atoms with van der Waals surface area (Å²) in [6, 6.07) is 20.5. The molecule has 174 valence electrons. The molecular formula is C22H22ClCuN2O6. The topological polar surface area (TPSA) is 135 Å². The standard InChI is InChI=1S/C22H22N2O2.ClHO4.Cu/c1-15(2)20(21-23-18(13-25-21)16-9-5-3-6-10-16)22-24-19(14-26-22)17-11-7-4-8-12-17;2-1(3,4)5;/h3-12,18-19H,13-14H2,1-2H3;(H,2,3,4,5);/q;;+1/p-1/t18-,19-;;/m0../s1. The summed E-state index contributed by atoms with van der Waals surface area (Å²) in [7, 11) is -4.94. The Bertz CT molecular complexity index is 899. The molecule has 2 aliphatic rings. The van der Waals surface area contributed by atoms with Crippen LogP contribution in [-0.4, -0.2) is 25.0 Å². The first kappa shape index (κ1) is 26.0. The SMILES string of the molecule is CC(C)=C(C1=N[C@H](c2ccccc2)CO1)C1=N[C@H](c2ccccc2)CO1.[Cu+].[O-][Cl+3]([O-])([O-])[O-]. The van der Waals surface area contributed by atoms with E-state index in [1.54, 1.807) is 0 Å². The summed E-state index contributed by atoms with van der Waals surface area (Å²) in [5.41, 5.74) is 4.28. The molecule has 0 spiro atoms. The molecule has 8 nitrogen and oxygen atoms in total. The van der Waals surface area contributed by atoms with E-state index in [9.17, 15) is 0 Å². The van der Waals surface area contributed by atoms with Gasteiger partial charge in [-0.15, -0.1) is 10.2 Å². The van der Waals surface area contributed by atoms with Gasteiger partial charge in [0, 0.05) is 0 Å². The largest absolute Gasteiger partial charge is 1.00 e. The van der Waals surface area contributed by atoms with E-state index in [-0.39, 0.29) is 29.2 Å². The molecule has 2 aliphatic heterocycles. The van der Waals surface area contributed by atoms with Crippen molar-refractivity contribution in [1.82, 2.24) is 0 Å². The summed E-state index contributed by atoms with van der Waals surface area (Å²) in [5, 5.41) is 0. The first-order chi connectivity index (χ1) is 14.7. The van der Waals surface area contributed by atoms with Crippen LogP contribution in [0.3, 0.4) is 0 Å². The van der Waals surface area contributed by atoms with Crippen LogP contribution in [0.15, 0.2) is 81.8 Å². The number of rotatable bonds is 4. The van der Waals surface area contributed by atoms with Gasteiger partial charge in [-0.2, -0.15) is 0 Å². The quantitative estimate of drug-likeness (QED) is 0.529. The minimum Gasteiger partial charge on any atom is -0.475 e. The minimum atomic E-state index is -4.94. The molecule has 4 rings (SSSR count). The molecule has 0 saturated carbocycles. The van der Waals surface area contributed by atoms with Crippen LogP contribution in [0.1, 0.15) is 37.1 Å². The van der Waals surface area contributed by atoms with E-state index < -0.39 is 10.2 Å². The second kappa shape index (κ2) is 11.6. The van der Waals surface area contributed by atoms with Crippen molar-refractivity contribution in [3.63, 3.8) is 0 Å². The molecule has 0 aliphatic carbocycles. The van der Waals surface area contributed by atoms with Gasteiger partial charge in [0.15, 0.2) is 0 Å². The average Bonchev–Trinajstić information content (AvgIpc) is 3.39. The normalized spacial score (nSPS) is 19.3. The van der Waals surface area contributed by atoms with Crippen molar-refractivity contribution < 1.29 is 55.4 Å². The molecule has 32 heavy (non-hydrogen) atoms. The van der Waals surface area contributed by atoms with Crippen LogP contribution in [0.25, 0.3) is 0 Å². The Morgan fingerprint density at radius 2 is 1.09 bits per heavy atom. The summed E-state index contributed by atoms with van der Waals surface area (Å²) in [4.78, 5) is 9.60. The summed E-state index contributed by atoms with van der Waals surface area (Å²) < 4.78 is 45.8. The Hall–Kier alpha value is -2.23. The number of allylic oxidation sites excluding steroid dienone is 1. The summed E-state index contributed by atoms with van der Waals surface area (Å²) in [5.74, 6) is 1.26. The fourth-order valence-electron chi connectivity index (χ4n) is 3.23. The second-order valence-electron chi connectivity index (χ2n) is 7.10. The molecule has 0 unspecified atom stereocenters. The summed E-state index contributed by atoms with van der Waals surface area (Å²) in [6.07, 6.45) is 0. The van der Waals surface area contributed by atoms with Gasteiger partial charge in [0.25, 0.3) is 0 Å². The van der Waals surface area contributed by atoms with E-state index >= 15 is 0 Å². The van der Waals surface area contributed by atoms with Crippen LogP contribution in [0.4, 0.5) is 0 Å². The predicted octanol–water partition coefficient (Wildman–Crippen LogP) is -0.0957. The van der Waals surface area contributed by atoms with Crippen molar-refractivity contribution in [1.29, 1.82) is 0 Å². The number of nitrogens with zero attached hydrogens (tertiary/aromatic N) is 2. The van der Waals surface area contributed by atoms with Crippen molar-refractivity contribution in [2.45, 2.75) is 25.9 Å². The average molecular weight is 509 g/mol. The molecule has 0 amide bonds. The fourth-order valence-corrected chi connectivity index (χ4v) is 3.23. The molecule has 0 N–H and O–H groups in total. The maximum Gasteiger partial charge on any atom is 1.00 e. The smallest absolute Gasteiger partial charge is 0.475 e. The molecule has 2 atom stereocenters. The Morgan fingerprint density at radius 3 is 1.41 bits per heavy atom. The van der Waals surface area contributed by atoms with Gasteiger partial charge in [0.2, 0.25) is 11.8 Å². The molecular weight excluding hydrogens is 487 g/mol. The van der Waals surface area contributed by atoms with Crippen molar-refractivity contribution in [3.05, 3.63) is 82.9 Å². The van der Waals surface area contributed by atoms with Crippen LogP contribution in [-0.2, 0) is 26.5 Å². The molecule has 0 fully saturated rings. The Balaban J connectivity index is 0.000000548. The maximum atomic E-state index is 8.49. The van der Waals surface area contributed by atoms with E-state index in [2.05, 4.69) is 24.3 Å². The molecule has 10 heteroatoms. The molecule has 0 saturated heterocycles. The van der Waals surface area contributed by atoms with Gasteiger partial charge in [-0.3, -0.25) is 0 Å². The molecule has 0 radical (unpaired) electrons. The third-order valence-corrected chi connectivity index (χ3v) is 4.60. The third-order valence-electron chi connectivity index (χ3n) is 4.60. The van der Waals surface area contributed by atoms with E-state index in [4.69, 9.17) is 38.1 Å². The van der Waals surface area contributed by atoms with Crippen molar-refractivity contribution in [3.8, 4) is 0 Å². The van der Waals surface area contributed by atoms with E-state index in [0.29, 0.717) is 25.0 Å². The number of halogens is 1. The van der Waals surface area contributed by atoms with E-state index in [0.717, 1.165) is 22.3 Å². The van der Waals surface area contributed by atoms with Gasteiger partial charge in [-0.1, -0.05) is 66.2 Å². The zero-order valence-corrected chi connectivity index (χ0v) is 19.1. The zero-order valence-electron chi connectivity index (χ0n) is 17.4. The number of hydrogen-bond donors (Lipinski definition) is 0. The van der Waals surface area contributed by atoms with Gasteiger partial charge in [-0.05, 0) is 25.0 Å². The minimum absolute atomic E-state index is 0. The first-order valence-electron chi connectivity index (χ1n) is 9.53. The van der Waals surface area contributed by atoms with E-state index in [1.165, 1.54) is 0 Å². The molecule has 0 aromatic heterocycles. The van der Waals surface area contributed by atoms with Crippen LogP contribution >= 0.6 is 0 Å². The first-order valence-corrected chi connectivity index (χ1v) is 10.8. The number of aliphatic imine (C=N–C) groups is 2. The van der Waals surface area contributed by atoms with Crippen molar-refractivity contribution in [2.75, 3.05) is 13.2 Å². The summed E-state index contributed by atoms with van der Waals surface area (Å²) >= 11 is 0. The van der Waals surface area contributed by atoms with Crippen molar-refractivity contribution in [2.24, 2.45) is 9.98 Å². The molecule has 2 aromatic rings. The fraction of sp³-hybridized carbons (Fsp3) is 0.273. The maximum absolute atomic E-state index is 8.49. The van der Waals surface area contributed by atoms with Crippen LogP contribution in [0, 0.1) is 10.2 Å². The predicted molar refractivity (Wildman–Crippen MR) is 104 cm³/mol. The number of benzene rings is 2. The second-order valence-corrected chi connectivity index (χ2v) is 7.85. The van der Waals surface area contributed by atoms with Crippen LogP contribution < -0.4 is 18.6 Å². The third kappa shape index (κ3) is 7.43. The Morgan fingerprint density at radius 1 is 0.750 bits per heavy atom. The Kier molecular flexibility index (Phi) is 9.42. The molecule has 0 bridgehead atoms. The van der Waals surface area contributed by atoms with Gasteiger partial charge in [0.1, 0.15) is 25.3 Å². The van der Waals surface area contributed by atoms with Crippen molar-refractivity contribution >= 4 is 11.8 Å². The van der Waals surface area contributed by atoms with Gasteiger partial charge in [-0.25, -0.2) is 28.6 Å². The monoisotopic (exact) mass is 508 g/mol. The Labute approximate surface area is 199 Å². The van der Waals surface area contributed by atoms with Crippen LogP contribution in [0.2, 0.25) is 0 Å². The van der Waals surface area contributed by atoms with Gasteiger partial charge in [0.05, 0.1) is 5.57 Å². The molecule has 2 heterocycles. The number of hydrogen-bond acceptors (Lipinski definition) is 8. The zero-order chi connectivity index (χ0) is 22.4. The van der Waals surface area contributed by atoms with Crippen LogP contribution in [0.5, 0.6) is 0 Å². The molecule has 2 aromatic carbocycles. The van der Waals surface area contributed by atoms with Gasteiger partial charge < -0.3 is 9.47 Å².